The topological polar surface area (TPSA) is 83.6 Å². The smallest absolute Gasteiger partial charge is 0.295 e. The standard InChI is InChI=1S/C15H15N5O/c1-9(2)13-18-14(20-19-13)15(21)17-11-5-6-12-10(8-11)4-3-7-16-12/h3-9H,1-2H3,(H,17,21)(H,18,19,20). The number of aromatic amines is 1. The number of aromatic nitrogens is 4. The van der Waals surface area contributed by atoms with E-state index in [9.17, 15) is 4.79 Å². The molecule has 0 aliphatic heterocycles. The van der Waals surface area contributed by atoms with Gasteiger partial charge >= 0.3 is 0 Å². The molecule has 0 spiro atoms. The molecule has 0 fully saturated rings. The van der Waals surface area contributed by atoms with Crippen LogP contribution in [0.1, 0.15) is 36.2 Å². The first-order chi connectivity index (χ1) is 10.1. The van der Waals surface area contributed by atoms with Crippen LogP contribution in [0.25, 0.3) is 10.9 Å². The van der Waals surface area contributed by atoms with Gasteiger partial charge in [-0.25, -0.2) is 4.98 Å². The van der Waals surface area contributed by atoms with Crippen LogP contribution in [0.15, 0.2) is 36.5 Å². The third kappa shape index (κ3) is 2.74. The average Bonchev–Trinajstić information content (AvgIpc) is 2.97. The Hall–Kier alpha value is -2.76. The van der Waals surface area contributed by atoms with E-state index in [4.69, 9.17) is 0 Å². The molecule has 0 radical (unpaired) electrons. The minimum atomic E-state index is -0.332. The molecule has 2 heterocycles. The molecule has 3 aromatic rings. The molecule has 106 valence electrons. The summed E-state index contributed by atoms with van der Waals surface area (Å²) in [4.78, 5) is 20.5. The summed E-state index contributed by atoms with van der Waals surface area (Å²) in [6.45, 7) is 3.97. The number of nitrogens with one attached hydrogen (secondary N) is 2. The largest absolute Gasteiger partial charge is 0.319 e. The van der Waals surface area contributed by atoms with Gasteiger partial charge in [-0.05, 0) is 24.3 Å². The second kappa shape index (κ2) is 5.32. The van der Waals surface area contributed by atoms with Gasteiger partial charge in [-0.3, -0.25) is 14.9 Å². The number of carbonyl (C=O) groups excluding carboxylic acids is 1. The van der Waals surface area contributed by atoms with Gasteiger partial charge in [-0.15, -0.1) is 5.10 Å². The Balaban J connectivity index is 1.81. The molecule has 0 aliphatic carbocycles. The normalized spacial score (nSPS) is 11.0. The fourth-order valence-electron chi connectivity index (χ4n) is 1.97. The van der Waals surface area contributed by atoms with Crippen LogP contribution in [0, 0.1) is 0 Å². The summed E-state index contributed by atoms with van der Waals surface area (Å²) in [5.41, 5.74) is 1.58. The number of hydrogen-bond acceptors (Lipinski definition) is 4. The maximum absolute atomic E-state index is 12.1. The molecule has 21 heavy (non-hydrogen) atoms. The highest BCUT2D eigenvalue weighted by Gasteiger charge is 2.14. The van der Waals surface area contributed by atoms with Gasteiger partial charge in [-0.2, -0.15) is 0 Å². The molecule has 0 atom stereocenters. The number of anilines is 1. The van der Waals surface area contributed by atoms with Crippen molar-refractivity contribution in [2.45, 2.75) is 19.8 Å². The van der Waals surface area contributed by atoms with Gasteiger partial charge < -0.3 is 5.32 Å². The molecular formula is C15H15N5O. The Morgan fingerprint density at radius 3 is 2.90 bits per heavy atom. The molecule has 2 N–H and O–H groups in total. The van der Waals surface area contributed by atoms with Crippen LogP contribution in [0.3, 0.4) is 0 Å². The number of rotatable bonds is 3. The van der Waals surface area contributed by atoms with Crippen LogP contribution in [0.2, 0.25) is 0 Å². The number of amides is 1. The Labute approximate surface area is 121 Å². The summed E-state index contributed by atoms with van der Waals surface area (Å²) in [5, 5.41) is 10.5. The Morgan fingerprint density at radius 1 is 1.29 bits per heavy atom. The van der Waals surface area contributed by atoms with E-state index < -0.39 is 0 Å². The van der Waals surface area contributed by atoms with Crippen molar-refractivity contribution in [3.05, 3.63) is 48.2 Å². The first-order valence-corrected chi connectivity index (χ1v) is 6.72. The number of fused-ring (bicyclic) bond motifs is 1. The van der Waals surface area contributed by atoms with E-state index >= 15 is 0 Å². The van der Waals surface area contributed by atoms with Crippen LogP contribution < -0.4 is 5.32 Å². The molecule has 1 amide bonds. The van der Waals surface area contributed by atoms with Gasteiger partial charge in [0.25, 0.3) is 5.91 Å². The third-order valence-electron chi connectivity index (χ3n) is 3.11. The van der Waals surface area contributed by atoms with E-state index in [0.717, 1.165) is 10.9 Å². The molecule has 0 saturated heterocycles. The fraction of sp³-hybridized carbons (Fsp3) is 0.200. The Kier molecular flexibility index (Phi) is 3.35. The number of carbonyl (C=O) groups is 1. The van der Waals surface area contributed by atoms with Crippen molar-refractivity contribution >= 4 is 22.5 Å². The monoisotopic (exact) mass is 281 g/mol. The van der Waals surface area contributed by atoms with Gasteiger partial charge in [0.15, 0.2) is 0 Å². The Morgan fingerprint density at radius 2 is 2.14 bits per heavy atom. The molecular weight excluding hydrogens is 266 g/mol. The molecule has 0 bridgehead atoms. The quantitative estimate of drug-likeness (QED) is 0.773. The van der Waals surface area contributed by atoms with Gasteiger partial charge in [0.05, 0.1) is 5.52 Å². The second-order valence-corrected chi connectivity index (χ2v) is 5.06. The highest BCUT2D eigenvalue weighted by atomic mass is 16.2. The number of H-pyrrole nitrogens is 1. The maximum Gasteiger partial charge on any atom is 0.295 e. The predicted molar refractivity (Wildman–Crippen MR) is 80.2 cm³/mol. The lowest BCUT2D eigenvalue weighted by molar-refractivity contribution is 0.101. The van der Waals surface area contributed by atoms with Crippen molar-refractivity contribution in [1.29, 1.82) is 0 Å². The predicted octanol–water partition coefficient (Wildman–Crippen LogP) is 2.73. The van der Waals surface area contributed by atoms with Crippen molar-refractivity contribution in [2.24, 2.45) is 0 Å². The zero-order chi connectivity index (χ0) is 14.8. The summed E-state index contributed by atoms with van der Waals surface area (Å²) in [6, 6.07) is 9.35. The van der Waals surface area contributed by atoms with Crippen LogP contribution in [0.4, 0.5) is 5.69 Å². The van der Waals surface area contributed by atoms with Crippen molar-refractivity contribution in [3.8, 4) is 0 Å². The van der Waals surface area contributed by atoms with Crippen molar-refractivity contribution in [2.75, 3.05) is 5.32 Å². The van der Waals surface area contributed by atoms with E-state index in [2.05, 4.69) is 25.5 Å². The lowest BCUT2D eigenvalue weighted by atomic mass is 10.2. The van der Waals surface area contributed by atoms with E-state index in [0.29, 0.717) is 11.5 Å². The molecule has 0 saturated carbocycles. The van der Waals surface area contributed by atoms with E-state index in [1.54, 1.807) is 6.20 Å². The SMILES string of the molecule is CC(C)c1nc(C(=O)Nc2ccc3ncccc3c2)n[nH]1. The molecule has 1 aromatic carbocycles. The van der Waals surface area contributed by atoms with Crippen molar-refractivity contribution in [3.63, 3.8) is 0 Å². The molecule has 6 nitrogen and oxygen atoms in total. The van der Waals surface area contributed by atoms with E-state index in [1.807, 2.05) is 44.2 Å². The number of pyridine rings is 1. The number of nitrogens with zero attached hydrogens (tertiary/aromatic N) is 3. The number of benzene rings is 1. The van der Waals surface area contributed by atoms with E-state index in [-0.39, 0.29) is 17.6 Å². The van der Waals surface area contributed by atoms with Crippen LogP contribution in [-0.4, -0.2) is 26.1 Å². The van der Waals surface area contributed by atoms with Crippen LogP contribution in [-0.2, 0) is 0 Å². The maximum atomic E-state index is 12.1. The average molecular weight is 281 g/mol. The summed E-state index contributed by atoms with van der Waals surface area (Å²) in [5.74, 6) is 0.708. The summed E-state index contributed by atoms with van der Waals surface area (Å²) < 4.78 is 0. The fourth-order valence-corrected chi connectivity index (χ4v) is 1.97. The second-order valence-electron chi connectivity index (χ2n) is 5.06. The minimum absolute atomic E-state index is 0.144. The Bertz CT molecular complexity index is 793. The van der Waals surface area contributed by atoms with Crippen molar-refractivity contribution < 1.29 is 4.79 Å². The zero-order valence-corrected chi connectivity index (χ0v) is 11.8. The van der Waals surface area contributed by atoms with E-state index in [1.165, 1.54) is 0 Å². The van der Waals surface area contributed by atoms with Gasteiger partial charge in [-0.1, -0.05) is 19.9 Å². The zero-order valence-electron chi connectivity index (χ0n) is 11.8. The highest BCUT2D eigenvalue weighted by Crippen LogP contribution is 2.17. The van der Waals surface area contributed by atoms with Gasteiger partial charge in [0.1, 0.15) is 5.82 Å². The molecule has 0 aliphatic rings. The minimum Gasteiger partial charge on any atom is -0.319 e. The van der Waals surface area contributed by atoms with Gasteiger partial charge in [0.2, 0.25) is 5.82 Å². The molecule has 3 rings (SSSR count). The summed E-state index contributed by atoms with van der Waals surface area (Å²) in [6.07, 6.45) is 1.74. The summed E-state index contributed by atoms with van der Waals surface area (Å²) in [7, 11) is 0. The number of hydrogen-bond donors (Lipinski definition) is 2. The summed E-state index contributed by atoms with van der Waals surface area (Å²) >= 11 is 0. The van der Waals surface area contributed by atoms with Gasteiger partial charge in [0, 0.05) is 23.2 Å². The molecule has 2 aromatic heterocycles. The van der Waals surface area contributed by atoms with Crippen molar-refractivity contribution in [1.82, 2.24) is 20.2 Å². The first-order valence-electron chi connectivity index (χ1n) is 6.72. The molecule has 6 heteroatoms. The molecule has 0 unspecified atom stereocenters. The lowest BCUT2D eigenvalue weighted by Gasteiger charge is -2.04. The van der Waals surface area contributed by atoms with Crippen LogP contribution in [0.5, 0.6) is 0 Å². The lowest BCUT2D eigenvalue weighted by Crippen LogP contribution is -2.13. The van der Waals surface area contributed by atoms with Crippen LogP contribution >= 0.6 is 0 Å². The first kappa shape index (κ1) is 13.2. The third-order valence-corrected chi connectivity index (χ3v) is 3.11. The highest BCUT2D eigenvalue weighted by molar-refractivity contribution is 6.02.